The first-order chi connectivity index (χ1) is 7.26. The molecule has 2 rings (SSSR count). The fourth-order valence-corrected chi connectivity index (χ4v) is 3.89. The molecule has 0 aromatic rings. The molecule has 0 aromatic heterocycles. The molecule has 2 saturated carbocycles. The summed E-state index contributed by atoms with van der Waals surface area (Å²) in [4.78, 5) is 0. The Hall–Kier alpha value is 0.270. The summed E-state index contributed by atoms with van der Waals surface area (Å²) in [6.45, 7) is 1.09. The number of hydrogen-bond donors (Lipinski definition) is 2. The Labute approximate surface area is 97.2 Å². The van der Waals surface area contributed by atoms with E-state index in [4.69, 9.17) is 0 Å². The van der Waals surface area contributed by atoms with Gasteiger partial charge in [0.2, 0.25) is 0 Å². The molecule has 88 valence electrons. The van der Waals surface area contributed by atoms with Crippen LogP contribution < -0.4 is 5.32 Å². The molecular formula is C12H23NOS. The Morgan fingerprint density at radius 3 is 2.53 bits per heavy atom. The van der Waals surface area contributed by atoms with E-state index < -0.39 is 0 Å². The molecule has 2 aliphatic carbocycles. The van der Waals surface area contributed by atoms with Crippen molar-refractivity contribution in [2.75, 3.05) is 12.8 Å². The number of nitrogens with one attached hydrogen (secondary N) is 1. The van der Waals surface area contributed by atoms with Gasteiger partial charge in [0.15, 0.2) is 0 Å². The maximum absolute atomic E-state index is 9.75. The molecule has 0 unspecified atom stereocenters. The van der Waals surface area contributed by atoms with Crippen molar-refractivity contribution in [1.82, 2.24) is 5.32 Å². The van der Waals surface area contributed by atoms with E-state index in [1.807, 2.05) is 11.8 Å². The molecule has 2 atom stereocenters. The number of aliphatic hydroxyl groups excluding tert-OH is 1. The second kappa shape index (κ2) is 5.07. The lowest BCUT2D eigenvalue weighted by Crippen LogP contribution is -2.43. The summed E-state index contributed by atoms with van der Waals surface area (Å²) in [7, 11) is 0. The van der Waals surface area contributed by atoms with E-state index in [0.29, 0.717) is 10.8 Å². The molecule has 2 nitrogen and oxygen atoms in total. The van der Waals surface area contributed by atoms with Crippen LogP contribution in [0.4, 0.5) is 0 Å². The van der Waals surface area contributed by atoms with Gasteiger partial charge in [-0.05, 0) is 38.4 Å². The molecule has 0 heterocycles. The Balaban J connectivity index is 1.80. The van der Waals surface area contributed by atoms with Crippen LogP contribution in [0.3, 0.4) is 0 Å². The maximum atomic E-state index is 9.75. The summed E-state index contributed by atoms with van der Waals surface area (Å²) in [5.74, 6) is 0. The van der Waals surface area contributed by atoms with Gasteiger partial charge >= 0.3 is 0 Å². The fourth-order valence-electron chi connectivity index (χ4n) is 2.97. The molecule has 0 bridgehead atoms. The van der Waals surface area contributed by atoms with Crippen molar-refractivity contribution in [2.24, 2.45) is 0 Å². The number of hydrogen-bond acceptors (Lipinski definition) is 3. The molecule has 0 aromatic carbocycles. The van der Waals surface area contributed by atoms with Crippen LogP contribution in [0.15, 0.2) is 0 Å². The minimum Gasteiger partial charge on any atom is -0.392 e. The van der Waals surface area contributed by atoms with Crippen LogP contribution in [0.2, 0.25) is 0 Å². The van der Waals surface area contributed by atoms with Crippen molar-refractivity contribution in [1.29, 1.82) is 0 Å². The first kappa shape index (κ1) is 11.7. The van der Waals surface area contributed by atoms with Gasteiger partial charge in [-0.2, -0.15) is 11.8 Å². The van der Waals surface area contributed by atoms with Crippen LogP contribution >= 0.6 is 11.8 Å². The minimum atomic E-state index is -0.0923. The normalized spacial score (nSPS) is 34.8. The average Bonchev–Trinajstić information content (AvgIpc) is 2.85. The number of rotatable bonds is 4. The number of aliphatic hydroxyl groups is 1. The third-order valence-corrected chi connectivity index (χ3v) is 5.53. The van der Waals surface area contributed by atoms with Crippen molar-refractivity contribution in [3.8, 4) is 0 Å². The van der Waals surface area contributed by atoms with Gasteiger partial charge in [-0.3, -0.25) is 0 Å². The molecule has 0 radical (unpaired) electrons. The van der Waals surface area contributed by atoms with Crippen LogP contribution in [-0.2, 0) is 0 Å². The van der Waals surface area contributed by atoms with Crippen molar-refractivity contribution < 1.29 is 5.11 Å². The number of thioether (sulfide) groups is 1. The zero-order valence-corrected chi connectivity index (χ0v) is 10.5. The highest BCUT2D eigenvalue weighted by molar-refractivity contribution is 8.00. The van der Waals surface area contributed by atoms with Gasteiger partial charge in [-0.25, -0.2) is 0 Å². The fraction of sp³-hybridized carbons (Fsp3) is 1.00. The Morgan fingerprint density at radius 1 is 1.27 bits per heavy atom. The maximum Gasteiger partial charge on any atom is 0.0693 e. The molecule has 0 spiro atoms. The SMILES string of the molecule is CSC1(CN[C@H]2CCC[C@@H]2O)CCCC1. The van der Waals surface area contributed by atoms with E-state index in [0.717, 1.165) is 19.4 Å². The van der Waals surface area contributed by atoms with Crippen molar-refractivity contribution >= 4 is 11.8 Å². The van der Waals surface area contributed by atoms with Gasteiger partial charge in [-0.1, -0.05) is 12.8 Å². The first-order valence-electron chi connectivity index (χ1n) is 6.22. The zero-order valence-electron chi connectivity index (χ0n) is 9.67. The first-order valence-corrected chi connectivity index (χ1v) is 7.45. The Bertz CT molecular complexity index is 204. The highest BCUT2D eigenvalue weighted by atomic mass is 32.2. The minimum absolute atomic E-state index is 0.0923. The molecule has 2 N–H and O–H groups in total. The van der Waals surface area contributed by atoms with Gasteiger partial charge < -0.3 is 10.4 Å². The van der Waals surface area contributed by atoms with Crippen LogP contribution in [0.5, 0.6) is 0 Å². The quantitative estimate of drug-likeness (QED) is 0.775. The average molecular weight is 229 g/mol. The lowest BCUT2D eigenvalue weighted by molar-refractivity contribution is 0.148. The lowest BCUT2D eigenvalue weighted by atomic mass is 10.1. The standard InChI is InChI=1S/C12H23NOS/c1-15-12(7-2-3-8-12)9-13-10-5-4-6-11(10)14/h10-11,13-14H,2-9H2,1H3/t10-,11-/m0/s1. The molecule has 0 aliphatic heterocycles. The molecule has 3 heteroatoms. The third kappa shape index (κ3) is 2.69. The molecule has 0 saturated heterocycles. The second-order valence-corrected chi connectivity index (χ2v) is 6.35. The van der Waals surface area contributed by atoms with E-state index in [-0.39, 0.29) is 6.10 Å². The predicted molar refractivity (Wildman–Crippen MR) is 66.4 cm³/mol. The summed E-state index contributed by atoms with van der Waals surface area (Å²) in [6.07, 6.45) is 10.9. The van der Waals surface area contributed by atoms with Gasteiger partial charge in [0.1, 0.15) is 0 Å². The van der Waals surface area contributed by atoms with Gasteiger partial charge in [0.05, 0.1) is 6.10 Å². The van der Waals surface area contributed by atoms with Crippen molar-refractivity contribution in [2.45, 2.75) is 61.8 Å². The Morgan fingerprint density at radius 2 is 2.00 bits per heavy atom. The Kier molecular flexibility index (Phi) is 3.97. The lowest BCUT2D eigenvalue weighted by Gasteiger charge is -2.29. The summed E-state index contributed by atoms with van der Waals surface area (Å²) < 4.78 is 0.475. The van der Waals surface area contributed by atoms with E-state index in [2.05, 4.69) is 11.6 Å². The smallest absolute Gasteiger partial charge is 0.0693 e. The van der Waals surface area contributed by atoms with E-state index in [1.54, 1.807) is 0 Å². The molecule has 0 amide bonds. The van der Waals surface area contributed by atoms with E-state index in [1.165, 1.54) is 32.1 Å². The molecule has 15 heavy (non-hydrogen) atoms. The van der Waals surface area contributed by atoms with Crippen molar-refractivity contribution in [3.63, 3.8) is 0 Å². The van der Waals surface area contributed by atoms with Gasteiger partial charge in [0.25, 0.3) is 0 Å². The monoisotopic (exact) mass is 229 g/mol. The summed E-state index contributed by atoms with van der Waals surface area (Å²) in [5, 5.41) is 13.3. The third-order valence-electron chi connectivity index (χ3n) is 4.11. The van der Waals surface area contributed by atoms with Crippen LogP contribution in [-0.4, -0.2) is 34.8 Å². The summed E-state index contributed by atoms with van der Waals surface area (Å²) in [6, 6.07) is 0.370. The second-order valence-electron chi connectivity index (χ2n) is 5.08. The van der Waals surface area contributed by atoms with Crippen molar-refractivity contribution in [3.05, 3.63) is 0 Å². The van der Waals surface area contributed by atoms with E-state index in [9.17, 15) is 5.11 Å². The zero-order chi connectivity index (χ0) is 10.7. The van der Waals surface area contributed by atoms with Crippen LogP contribution in [0.1, 0.15) is 44.9 Å². The van der Waals surface area contributed by atoms with Crippen LogP contribution in [0, 0.1) is 0 Å². The summed E-state index contributed by atoms with van der Waals surface area (Å²) in [5.41, 5.74) is 0. The molecular weight excluding hydrogens is 206 g/mol. The van der Waals surface area contributed by atoms with Crippen LogP contribution in [0.25, 0.3) is 0 Å². The molecule has 2 aliphatic rings. The summed E-state index contributed by atoms with van der Waals surface area (Å²) >= 11 is 2.02. The van der Waals surface area contributed by atoms with Gasteiger partial charge in [-0.15, -0.1) is 0 Å². The topological polar surface area (TPSA) is 32.3 Å². The highest BCUT2D eigenvalue weighted by Crippen LogP contribution is 2.39. The van der Waals surface area contributed by atoms with Gasteiger partial charge in [0, 0.05) is 17.3 Å². The predicted octanol–water partition coefficient (Wildman–Crippen LogP) is 2.17. The molecule has 2 fully saturated rings. The van der Waals surface area contributed by atoms with E-state index >= 15 is 0 Å². The highest BCUT2D eigenvalue weighted by Gasteiger charge is 2.34. The largest absolute Gasteiger partial charge is 0.392 e.